The molecule has 3 N–H and O–H groups in total. The molecule has 2 heterocycles. The number of rotatable bonds is 8. The summed E-state index contributed by atoms with van der Waals surface area (Å²) in [4.78, 5) is 6.42. The van der Waals surface area contributed by atoms with Crippen molar-refractivity contribution in [2.75, 3.05) is 56.0 Å². The quantitative estimate of drug-likeness (QED) is 0.373. The van der Waals surface area contributed by atoms with E-state index in [1.54, 1.807) is 19.4 Å². The van der Waals surface area contributed by atoms with Gasteiger partial charge in [0.2, 0.25) is 10.0 Å². The van der Waals surface area contributed by atoms with Crippen molar-refractivity contribution in [1.82, 2.24) is 9.71 Å². The number of ether oxygens (including phenoxy) is 2. The summed E-state index contributed by atoms with van der Waals surface area (Å²) in [5, 5.41) is 6.29. The van der Waals surface area contributed by atoms with Crippen LogP contribution in [0.3, 0.4) is 0 Å². The van der Waals surface area contributed by atoms with Crippen molar-refractivity contribution in [3.63, 3.8) is 0 Å². The van der Waals surface area contributed by atoms with Gasteiger partial charge in [-0.05, 0) is 53.3 Å². The second-order valence-electron chi connectivity index (χ2n) is 7.63. The van der Waals surface area contributed by atoms with Crippen LogP contribution in [0.2, 0.25) is 0 Å². The van der Waals surface area contributed by atoms with Crippen LogP contribution in [0.4, 0.5) is 33.0 Å². The van der Waals surface area contributed by atoms with Crippen molar-refractivity contribution < 1.29 is 22.3 Å². The van der Waals surface area contributed by atoms with Crippen LogP contribution in [0.25, 0.3) is 0 Å². The number of halogens is 2. The Labute approximate surface area is 211 Å². The largest absolute Gasteiger partial charge is 0.494 e. The van der Waals surface area contributed by atoms with Gasteiger partial charge in [0, 0.05) is 37.1 Å². The van der Waals surface area contributed by atoms with Gasteiger partial charge in [0.25, 0.3) is 0 Å². The molecular formula is C23H25BrFN5O4S. The minimum atomic E-state index is -3.89. The first-order valence-electron chi connectivity index (χ1n) is 10.7. The highest BCUT2D eigenvalue weighted by Gasteiger charge is 2.19. The normalized spacial score (nSPS) is 14.0. The second-order valence-corrected chi connectivity index (χ2v) is 10.3. The van der Waals surface area contributed by atoms with E-state index in [2.05, 4.69) is 41.2 Å². The zero-order valence-corrected chi connectivity index (χ0v) is 21.5. The summed E-state index contributed by atoms with van der Waals surface area (Å²) >= 11 is 3.43. The maximum atomic E-state index is 13.8. The SMILES string of the molecule is CNS(=O)(=O)c1cc(F)ccc1Nc1cc(Nc2ccc(N3CCOCC3)cc2OC)ncc1Br. The Bertz CT molecular complexity index is 1320. The highest BCUT2D eigenvalue weighted by Crippen LogP contribution is 2.35. The fourth-order valence-electron chi connectivity index (χ4n) is 3.62. The van der Waals surface area contributed by atoms with Crippen molar-refractivity contribution in [3.8, 4) is 5.75 Å². The molecule has 12 heteroatoms. The standard InChI is InChI=1S/C23H25BrFN5O4S/c1-26-35(31,32)22-11-15(25)3-5-19(22)28-20-13-23(27-14-17(20)24)29-18-6-4-16(12-21(18)33-2)30-7-9-34-10-8-30/h3-6,11-14,26H,7-10H2,1-2H3,(H2,27,28,29). The lowest BCUT2D eigenvalue weighted by atomic mass is 10.2. The molecule has 0 unspecified atom stereocenters. The van der Waals surface area contributed by atoms with Gasteiger partial charge >= 0.3 is 0 Å². The van der Waals surface area contributed by atoms with Gasteiger partial charge < -0.3 is 25.0 Å². The van der Waals surface area contributed by atoms with Gasteiger partial charge in [-0.25, -0.2) is 22.5 Å². The lowest BCUT2D eigenvalue weighted by Gasteiger charge is -2.29. The van der Waals surface area contributed by atoms with E-state index in [1.165, 1.54) is 19.2 Å². The Hall–Kier alpha value is -2.93. The van der Waals surface area contributed by atoms with Crippen LogP contribution in [0.1, 0.15) is 0 Å². The third-order valence-corrected chi connectivity index (χ3v) is 7.54. The molecule has 1 aromatic heterocycles. The van der Waals surface area contributed by atoms with E-state index in [0.717, 1.165) is 24.8 Å². The number of pyridine rings is 1. The molecule has 0 spiro atoms. The third-order valence-electron chi connectivity index (χ3n) is 5.45. The van der Waals surface area contributed by atoms with Crippen molar-refractivity contribution in [2.45, 2.75) is 4.90 Å². The second kappa shape index (κ2) is 10.8. The number of methoxy groups -OCH3 is 1. The summed E-state index contributed by atoms with van der Waals surface area (Å²) in [6, 6.07) is 11.1. The van der Waals surface area contributed by atoms with Gasteiger partial charge in [-0.1, -0.05) is 0 Å². The molecule has 0 aliphatic carbocycles. The topological polar surface area (TPSA) is 105 Å². The summed E-state index contributed by atoms with van der Waals surface area (Å²) in [5.74, 6) is 0.482. The van der Waals surface area contributed by atoms with E-state index in [1.807, 2.05) is 18.2 Å². The van der Waals surface area contributed by atoms with Crippen LogP contribution in [0.5, 0.6) is 5.75 Å². The highest BCUT2D eigenvalue weighted by molar-refractivity contribution is 9.10. The third kappa shape index (κ3) is 5.84. The molecule has 9 nitrogen and oxygen atoms in total. The number of hydrogen-bond acceptors (Lipinski definition) is 8. The van der Waals surface area contributed by atoms with Crippen LogP contribution in [-0.2, 0) is 14.8 Å². The number of aromatic nitrogens is 1. The lowest BCUT2D eigenvalue weighted by Crippen LogP contribution is -2.36. The number of anilines is 5. The zero-order chi connectivity index (χ0) is 25.0. The van der Waals surface area contributed by atoms with Crippen LogP contribution in [0.15, 0.2) is 58.0 Å². The van der Waals surface area contributed by atoms with Crippen LogP contribution >= 0.6 is 15.9 Å². The summed E-state index contributed by atoms with van der Waals surface area (Å²) < 4.78 is 52.4. The van der Waals surface area contributed by atoms with Gasteiger partial charge in [0.05, 0.1) is 41.9 Å². The predicted octanol–water partition coefficient (Wildman–Crippen LogP) is 4.22. The molecule has 4 rings (SSSR count). The number of morpholine rings is 1. The summed E-state index contributed by atoms with van der Waals surface area (Å²) in [6.07, 6.45) is 1.58. The van der Waals surface area contributed by atoms with E-state index in [-0.39, 0.29) is 10.6 Å². The van der Waals surface area contributed by atoms with Crippen molar-refractivity contribution in [1.29, 1.82) is 0 Å². The van der Waals surface area contributed by atoms with Gasteiger partial charge in [0.1, 0.15) is 22.3 Å². The molecule has 0 amide bonds. The molecule has 0 saturated carbocycles. The Kier molecular flexibility index (Phi) is 7.75. The number of nitrogens with one attached hydrogen (secondary N) is 3. The number of hydrogen-bond donors (Lipinski definition) is 3. The minimum Gasteiger partial charge on any atom is -0.494 e. The maximum Gasteiger partial charge on any atom is 0.242 e. The zero-order valence-electron chi connectivity index (χ0n) is 19.1. The number of benzene rings is 2. The Morgan fingerprint density at radius 1 is 1.06 bits per heavy atom. The molecule has 1 aliphatic heterocycles. The molecule has 2 aromatic carbocycles. The first kappa shape index (κ1) is 25.2. The Balaban J connectivity index is 1.60. The van der Waals surface area contributed by atoms with Crippen LogP contribution in [-0.4, -0.2) is 53.9 Å². The molecule has 1 aliphatic rings. The summed E-state index contributed by atoms with van der Waals surface area (Å²) in [6.45, 7) is 3.00. The van der Waals surface area contributed by atoms with E-state index < -0.39 is 15.8 Å². The molecular weight excluding hydrogens is 541 g/mol. The molecule has 1 saturated heterocycles. The molecule has 186 valence electrons. The number of sulfonamides is 1. The Morgan fingerprint density at radius 2 is 1.80 bits per heavy atom. The maximum absolute atomic E-state index is 13.8. The first-order chi connectivity index (χ1) is 16.8. The molecule has 0 radical (unpaired) electrons. The van der Waals surface area contributed by atoms with E-state index in [4.69, 9.17) is 9.47 Å². The summed E-state index contributed by atoms with van der Waals surface area (Å²) in [5.41, 5.74) is 2.50. The van der Waals surface area contributed by atoms with Gasteiger partial charge in [-0.15, -0.1) is 0 Å². The van der Waals surface area contributed by atoms with Gasteiger partial charge in [0.15, 0.2) is 0 Å². The lowest BCUT2D eigenvalue weighted by molar-refractivity contribution is 0.122. The van der Waals surface area contributed by atoms with Crippen molar-refractivity contribution in [2.24, 2.45) is 0 Å². The summed E-state index contributed by atoms with van der Waals surface area (Å²) in [7, 11) is -1.02. The van der Waals surface area contributed by atoms with Crippen molar-refractivity contribution in [3.05, 3.63) is 59.0 Å². The average Bonchev–Trinajstić information content (AvgIpc) is 2.87. The molecule has 3 aromatic rings. The van der Waals surface area contributed by atoms with Crippen LogP contribution in [0, 0.1) is 5.82 Å². The van der Waals surface area contributed by atoms with E-state index in [0.29, 0.717) is 40.6 Å². The highest BCUT2D eigenvalue weighted by atomic mass is 79.9. The number of nitrogens with zero attached hydrogens (tertiary/aromatic N) is 2. The average molecular weight is 566 g/mol. The predicted molar refractivity (Wildman–Crippen MR) is 137 cm³/mol. The fraction of sp³-hybridized carbons (Fsp3) is 0.261. The molecule has 0 bridgehead atoms. The molecule has 1 fully saturated rings. The minimum absolute atomic E-state index is 0.210. The van der Waals surface area contributed by atoms with Crippen molar-refractivity contribution >= 4 is 54.5 Å². The monoisotopic (exact) mass is 565 g/mol. The first-order valence-corrected chi connectivity index (χ1v) is 13.0. The molecule has 35 heavy (non-hydrogen) atoms. The smallest absolute Gasteiger partial charge is 0.242 e. The van der Waals surface area contributed by atoms with Gasteiger partial charge in [-0.2, -0.15) is 0 Å². The van der Waals surface area contributed by atoms with Crippen LogP contribution < -0.4 is 25.0 Å². The van der Waals surface area contributed by atoms with E-state index in [9.17, 15) is 12.8 Å². The fourth-order valence-corrected chi connectivity index (χ4v) is 4.83. The molecule has 0 atom stereocenters. The van der Waals surface area contributed by atoms with E-state index >= 15 is 0 Å². The Morgan fingerprint density at radius 3 is 2.51 bits per heavy atom. The van der Waals surface area contributed by atoms with Gasteiger partial charge in [-0.3, -0.25) is 0 Å².